The quantitative estimate of drug-likeness (QED) is 0.647. The van der Waals surface area contributed by atoms with Crippen molar-refractivity contribution in [2.45, 2.75) is 58.2 Å². The lowest BCUT2D eigenvalue weighted by atomic mass is 9.98. The molecule has 1 amide bonds. The number of ether oxygens (including phenoxy) is 2. The van der Waals surface area contributed by atoms with E-state index < -0.39 is 12.8 Å². The van der Waals surface area contributed by atoms with Gasteiger partial charge in [-0.1, -0.05) is 11.6 Å². The Balaban J connectivity index is 1.69. The Morgan fingerprint density at radius 3 is 2.80 bits per heavy atom. The number of amides is 1. The van der Waals surface area contributed by atoms with Crippen molar-refractivity contribution < 1.29 is 18.7 Å². The first-order valence-corrected chi connectivity index (χ1v) is 10.3. The molecule has 2 heterocycles. The molecule has 0 atom stereocenters. The Morgan fingerprint density at radius 2 is 2.10 bits per heavy atom. The van der Waals surface area contributed by atoms with Gasteiger partial charge in [0, 0.05) is 20.6 Å². The van der Waals surface area contributed by atoms with Crippen molar-refractivity contribution in [2.24, 2.45) is 7.05 Å². The molecule has 2 aromatic heterocycles. The largest absolute Gasteiger partial charge is 0.473 e. The summed E-state index contributed by atoms with van der Waals surface area (Å²) >= 11 is 0. The molecular weight excluding hydrogens is 391 g/mol. The second-order valence-electron chi connectivity index (χ2n) is 7.55. The van der Waals surface area contributed by atoms with E-state index in [1.54, 1.807) is 20.3 Å². The zero-order valence-corrected chi connectivity index (χ0v) is 17.8. The van der Waals surface area contributed by atoms with Crippen LogP contribution in [0.15, 0.2) is 6.20 Å². The van der Waals surface area contributed by atoms with Crippen LogP contribution in [0.2, 0.25) is 0 Å². The van der Waals surface area contributed by atoms with E-state index in [-0.39, 0.29) is 19.1 Å². The predicted molar refractivity (Wildman–Crippen MR) is 108 cm³/mol. The summed E-state index contributed by atoms with van der Waals surface area (Å²) in [7, 11) is 3.29. The summed E-state index contributed by atoms with van der Waals surface area (Å²) in [5.41, 5.74) is 2.31. The fourth-order valence-corrected chi connectivity index (χ4v) is 3.41. The van der Waals surface area contributed by atoms with E-state index in [4.69, 9.17) is 9.47 Å². The molecule has 9 nitrogen and oxygen atoms in total. The summed E-state index contributed by atoms with van der Waals surface area (Å²) in [4.78, 5) is 22.4. The molecule has 0 unspecified atom stereocenters. The smallest absolute Gasteiger partial charge is 0.409 e. The van der Waals surface area contributed by atoms with Gasteiger partial charge in [0.2, 0.25) is 5.88 Å². The van der Waals surface area contributed by atoms with Crippen molar-refractivity contribution in [1.29, 1.82) is 0 Å². The van der Waals surface area contributed by atoms with E-state index in [1.165, 1.54) is 28.8 Å². The van der Waals surface area contributed by atoms with Gasteiger partial charge in [-0.2, -0.15) is 0 Å². The third-order valence-electron chi connectivity index (χ3n) is 5.19. The minimum absolute atomic E-state index is 0.0291. The minimum atomic E-state index is -0.533. The monoisotopic (exact) mass is 420 g/mol. The highest BCUT2D eigenvalue weighted by Crippen LogP contribution is 2.26. The highest BCUT2D eigenvalue weighted by Gasteiger charge is 2.21. The topological polar surface area (TPSA) is 95.3 Å². The predicted octanol–water partition coefficient (Wildman–Crippen LogP) is 3.22. The summed E-state index contributed by atoms with van der Waals surface area (Å²) in [5.74, 6) is 0.539. The number of nitrogens with zero attached hydrogens (tertiary/aromatic N) is 6. The molecule has 1 saturated carbocycles. The van der Waals surface area contributed by atoms with Gasteiger partial charge in [-0.05, 0) is 39.0 Å². The molecule has 164 valence electrons. The van der Waals surface area contributed by atoms with Gasteiger partial charge < -0.3 is 14.4 Å². The summed E-state index contributed by atoms with van der Waals surface area (Å²) in [5, 5.41) is 8.18. The van der Waals surface area contributed by atoms with Crippen LogP contribution >= 0.6 is 0 Å². The number of carbonyl (C=O) groups is 1. The van der Waals surface area contributed by atoms with Gasteiger partial charge in [-0.25, -0.2) is 19.4 Å². The zero-order valence-electron chi connectivity index (χ0n) is 17.8. The van der Waals surface area contributed by atoms with Gasteiger partial charge in [0.25, 0.3) is 0 Å². The lowest BCUT2D eigenvalue weighted by molar-refractivity contribution is 0.102. The van der Waals surface area contributed by atoms with Crippen LogP contribution in [0.5, 0.6) is 5.88 Å². The van der Waals surface area contributed by atoms with Crippen molar-refractivity contribution in [3.63, 3.8) is 0 Å². The molecule has 10 heteroatoms. The first-order valence-electron chi connectivity index (χ1n) is 10.3. The van der Waals surface area contributed by atoms with E-state index in [2.05, 4.69) is 20.3 Å². The van der Waals surface area contributed by atoms with Crippen LogP contribution in [-0.4, -0.2) is 62.3 Å². The van der Waals surface area contributed by atoms with E-state index in [0.717, 1.165) is 12.8 Å². The Bertz CT molecular complexity index is 853. The average molecular weight is 420 g/mol. The maximum absolute atomic E-state index is 12.3. The Hall–Kier alpha value is -2.78. The van der Waals surface area contributed by atoms with Crippen LogP contribution in [-0.2, 0) is 18.4 Å². The molecular formula is C20H29FN6O3. The number of aromatic nitrogens is 5. The third-order valence-corrected chi connectivity index (χ3v) is 5.19. The lowest BCUT2D eigenvalue weighted by Crippen LogP contribution is -2.28. The van der Waals surface area contributed by atoms with Crippen LogP contribution in [0, 0.1) is 6.92 Å². The normalized spacial score (nSPS) is 14.5. The number of halogens is 1. The fourth-order valence-electron chi connectivity index (χ4n) is 3.41. The summed E-state index contributed by atoms with van der Waals surface area (Å²) in [6.45, 7) is 1.63. The average Bonchev–Trinajstić information content (AvgIpc) is 3.12. The highest BCUT2D eigenvalue weighted by molar-refractivity contribution is 5.67. The summed E-state index contributed by atoms with van der Waals surface area (Å²) in [6, 6.07) is 0. The SMILES string of the molecule is Cc1nc(-c2nnn(C)c2COC(=O)N(C)CCCF)cnc1OC1CCCCC1. The minimum Gasteiger partial charge on any atom is -0.473 e. The van der Waals surface area contributed by atoms with E-state index in [9.17, 15) is 9.18 Å². The van der Waals surface area contributed by atoms with E-state index in [0.29, 0.717) is 35.2 Å². The molecule has 0 N–H and O–H groups in total. The molecule has 3 rings (SSSR count). The number of hydrogen-bond donors (Lipinski definition) is 0. The molecule has 1 aliphatic carbocycles. The Labute approximate surface area is 175 Å². The second kappa shape index (κ2) is 10.3. The molecule has 0 bridgehead atoms. The molecule has 1 aliphatic rings. The van der Waals surface area contributed by atoms with Crippen LogP contribution in [0.1, 0.15) is 49.9 Å². The maximum Gasteiger partial charge on any atom is 0.409 e. The number of alkyl halides is 1. The Kier molecular flexibility index (Phi) is 7.53. The van der Waals surface area contributed by atoms with Gasteiger partial charge in [0.15, 0.2) is 0 Å². The van der Waals surface area contributed by atoms with Gasteiger partial charge in [0.1, 0.15) is 35.5 Å². The lowest BCUT2D eigenvalue weighted by Gasteiger charge is -2.22. The van der Waals surface area contributed by atoms with E-state index >= 15 is 0 Å². The summed E-state index contributed by atoms with van der Waals surface area (Å²) < 4.78 is 25.2. The molecule has 0 spiro atoms. The summed E-state index contributed by atoms with van der Waals surface area (Å²) in [6.07, 6.45) is 7.24. The van der Waals surface area contributed by atoms with Crippen LogP contribution in [0.25, 0.3) is 11.4 Å². The van der Waals surface area contributed by atoms with Gasteiger partial charge in [-0.15, -0.1) is 5.10 Å². The van der Waals surface area contributed by atoms with Crippen LogP contribution in [0.4, 0.5) is 9.18 Å². The molecule has 0 saturated heterocycles. The van der Waals surface area contributed by atoms with Gasteiger partial charge >= 0.3 is 6.09 Å². The molecule has 1 fully saturated rings. The number of rotatable bonds is 8. The first kappa shape index (κ1) is 21.9. The Morgan fingerprint density at radius 1 is 1.33 bits per heavy atom. The van der Waals surface area contributed by atoms with Crippen LogP contribution < -0.4 is 4.74 Å². The first-order chi connectivity index (χ1) is 14.5. The third kappa shape index (κ3) is 5.43. The molecule has 0 aliphatic heterocycles. The van der Waals surface area contributed by atoms with Crippen molar-refractivity contribution >= 4 is 6.09 Å². The van der Waals surface area contributed by atoms with Crippen molar-refractivity contribution in [3.8, 4) is 17.3 Å². The number of carbonyl (C=O) groups excluding carboxylic acids is 1. The molecule has 0 aromatic carbocycles. The molecule has 0 radical (unpaired) electrons. The number of hydrogen-bond acceptors (Lipinski definition) is 7. The highest BCUT2D eigenvalue weighted by atomic mass is 19.1. The van der Waals surface area contributed by atoms with E-state index in [1.807, 2.05) is 6.92 Å². The maximum atomic E-state index is 12.3. The van der Waals surface area contributed by atoms with Crippen LogP contribution in [0.3, 0.4) is 0 Å². The molecule has 30 heavy (non-hydrogen) atoms. The second-order valence-corrected chi connectivity index (χ2v) is 7.55. The standard InChI is InChI=1S/C20H29FN6O3/c1-14-19(30-15-8-5-4-6-9-15)22-12-16(23-14)18-17(27(3)25-24-18)13-29-20(28)26(2)11-7-10-21/h12,15H,4-11,13H2,1-3H3. The van der Waals surface area contributed by atoms with Gasteiger partial charge in [0.05, 0.1) is 12.9 Å². The number of aryl methyl sites for hydroxylation is 2. The molecule has 2 aromatic rings. The van der Waals surface area contributed by atoms with Crippen molar-refractivity contribution in [1.82, 2.24) is 29.9 Å². The zero-order chi connectivity index (χ0) is 21.5. The van der Waals surface area contributed by atoms with Gasteiger partial charge in [-0.3, -0.25) is 4.39 Å². The van der Waals surface area contributed by atoms with Crippen molar-refractivity contribution in [3.05, 3.63) is 17.6 Å². The fraction of sp³-hybridized carbons (Fsp3) is 0.650. The van der Waals surface area contributed by atoms with Crippen molar-refractivity contribution in [2.75, 3.05) is 20.3 Å².